The SMILES string of the molecule is CC(C)(C)OC(=O)CC(=O)[C@H](Cc1ccccc1)NC(=O)O[C@H]1CCOC1. The van der Waals surface area contributed by atoms with E-state index in [1.54, 1.807) is 20.8 Å². The zero-order chi connectivity index (χ0) is 19.9. The zero-order valence-electron chi connectivity index (χ0n) is 16.0. The third-order valence-electron chi connectivity index (χ3n) is 3.86. The average Bonchev–Trinajstić information content (AvgIpc) is 3.06. The molecule has 0 bridgehead atoms. The molecule has 0 unspecified atom stereocenters. The molecule has 1 heterocycles. The van der Waals surface area contributed by atoms with Crippen molar-refractivity contribution in [3.05, 3.63) is 35.9 Å². The van der Waals surface area contributed by atoms with E-state index < -0.39 is 35.9 Å². The summed E-state index contributed by atoms with van der Waals surface area (Å²) in [6.07, 6.45) is -0.532. The molecule has 1 N–H and O–H groups in total. The summed E-state index contributed by atoms with van der Waals surface area (Å²) >= 11 is 0. The fourth-order valence-electron chi connectivity index (χ4n) is 2.67. The van der Waals surface area contributed by atoms with E-state index in [-0.39, 0.29) is 12.5 Å². The number of carbonyl (C=O) groups is 3. The minimum atomic E-state index is -0.880. The molecule has 0 saturated carbocycles. The van der Waals surface area contributed by atoms with Crippen LogP contribution in [0.1, 0.15) is 39.2 Å². The Hall–Kier alpha value is -2.41. The Bertz CT molecular complexity index is 646. The summed E-state index contributed by atoms with van der Waals surface area (Å²) in [6, 6.07) is 8.38. The molecule has 1 saturated heterocycles. The molecule has 1 aromatic carbocycles. The maximum Gasteiger partial charge on any atom is 0.408 e. The van der Waals surface area contributed by atoms with Gasteiger partial charge in [0.15, 0.2) is 5.78 Å². The quantitative estimate of drug-likeness (QED) is 0.580. The van der Waals surface area contributed by atoms with Crippen molar-refractivity contribution in [1.82, 2.24) is 5.32 Å². The van der Waals surface area contributed by atoms with E-state index in [0.29, 0.717) is 19.6 Å². The van der Waals surface area contributed by atoms with Crippen LogP contribution in [-0.2, 0) is 30.2 Å². The molecular weight excluding hydrogens is 350 g/mol. The van der Waals surface area contributed by atoms with Gasteiger partial charge in [-0.1, -0.05) is 30.3 Å². The molecular formula is C20H27NO6. The number of benzene rings is 1. The largest absolute Gasteiger partial charge is 0.460 e. The lowest BCUT2D eigenvalue weighted by molar-refractivity contribution is -0.156. The molecule has 7 nitrogen and oxygen atoms in total. The Morgan fingerprint density at radius 1 is 1.22 bits per heavy atom. The second-order valence-electron chi connectivity index (χ2n) is 7.51. The van der Waals surface area contributed by atoms with Gasteiger partial charge in [0, 0.05) is 6.42 Å². The minimum absolute atomic E-state index is 0.263. The fourth-order valence-corrected chi connectivity index (χ4v) is 2.67. The highest BCUT2D eigenvalue weighted by molar-refractivity contribution is 5.99. The topological polar surface area (TPSA) is 90.9 Å². The highest BCUT2D eigenvalue weighted by atomic mass is 16.6. The molecule has 0 radical (unpaired) electrons. The molecule has 27 heavy (non-hydrogen) atoms. The van der Waals surface area contributed by atoms with Crippen LogP contribution in [0.2, 0.25) is 0 Å². The molecule has 1 aliphatic rings. The second kappa shape index (κ2) is 9.50. The van der Waals surface area contributed by atoms with Crippen LogP contribution in [0.15, 0.2) is 30.3 Å². The van der Waals surface area contributed by atoms with Gasteiger partial charge in [-0.05, 0) is 32.8 Å². The van der Waals surface area contributed by atoms with E-state index in [1.807, 2.05) is 30.3 Å². The molecule has 0 spiro atoms. The molecule has 2 atom stereocenters. The lowest BCUT2D eigenvalue weighted by Gasteiger charge is -2.21. The summed E-state index contributed by atoms with van der Waals surface area (Å²) in [7, 11) is 0. The summed E-state index contributed by atoms with van der Waals surface area (Å²) in [5, 5.41) is 2.59. The summed E-state index contributed by atoms with van der Waals surface area (Å²) < 4.78 is 15.6. The van der Waals surface area contributed by atoms with Crippen LogP contribution in [0, 0.1) is 0 Å². The lowest BCUT2D eigenvalue weighted by Crippen LogP contribution is -2.44. The van der Waals surface area contributed by atoms with E-state index in [4.69, 9.17) is 14.2 Å². The Labute approximate surface area is 159 Å². The van der Waals surface area contributed by atoms with Crippen molar-refractivity contribution in [3.63, 3.8) is 0 Å². The molecule has 7 heteroatoms. The van der Waals surface area contributed by atoms with E-state index in [9.17, 15) is 14.4 Å². The van der Waals surface area contributed by atoms with Crippen LogP contribution < -0.4 is 5.32 Å². The monoisotopic (exact) mass is 377 g/mol. The van der Waals surface area contributed by atoms with Gasteiger partial charge in [-0.3, -0.25) is 9.59 Å². The van der Waals surface area contributed by atoms with Crippen LogP contribution >= 0.6 is 0 Å². The van der Waals surface area contributed by atoms with Crippen molar-refractivity contribution >= 4 is 17.8 Å². The first kappa shape index (κ1) is 20.9. The molecule has 0 aliphatic carbocycles. The number of amides is 1. The highest BCUT2D eigenvalue weighted by Gasteiger charge is 2.28. The van der Waals surface area contributed by atoms with Crippen LogP contribution in [0.3, 0.4) is 0 Å². The highest BCUT2D eigenvalue weighted by Crippen LogP contribution is 2.12. The first-order chi connectivity index (χ1) is 12.7. The van der Waals surface area contributed by atoms with Crippen LogP contribution in [0.4, 0.5) is 4.79 Å². The molecule has 1 aliphatic heterocycles. The second-order valence-corrected chi connectivity index (χ2v) is 7.51. The van der Waals surface area contributed by atoms with Crippen molar-refractivity contribution in [2.24, 2.45) is 0 Å². The van der Waals surface area contributed by atoms with Crippen molar-refractivity contribution in [3.8, 4) is 0 Å². The van der Waals surface area contributed by atoms with Gasteiger partial charge in [-0.25, -0.2) is 4.79 Å². The third kappa shape index (κ3) is 7.78. The number of rotatable bonds is 7. The van der Waals surface area contributed by atoms with E-state index in [0.717, 1.165) is 5.56 Å². The first-order valence-electron chi connectivity index (χ1n) is 9.06. The first-order valence-corrected chi connectivity index (χ1v) is 9.06. The Kier molecular flexibility index (Phi) is 7.36. The molecule has 2 rings (SSSR count). The van der Waals surface area contributed by atoms with Gasteiger partial charge >= 0.3 is 12.1 Å². The smallest absolute Gasteiger partial charge is 0.408 e. The average molecular weight is 377 g/mol. The minimum Gasteiger partial charge on any atom is -0.460 e. The number of ketones is 1. The fraction of sp³-hybridized carbons (Fsp3) is 0.550. The van der Waals surface area contributed by atoms with E-state index in [2.05, 4.69) is 5.32 Å². The zero-order valence-corrected chi connectivity index (χ0v) is 16.0. The predicted molar refractivity (Wildman–Crippen MR) is 98.2 cm³/mol. The van der Waals surface area contributed by atoms with Gasteiger partial charge < -0.3 is 19.5 Å². The summed E-state index contributed by atoms with van der Waals surface area (Å²) in [5.41, 5.74) is 0.186. The number of esters is 1. The van der Waals surface area contributed by atoms with Gasteiger partial charge in [-0.15, -0.1) is 0 Å². The number of alkyl carbamates (subject to hydrolysis) is 1. The molecule has 1 amide bonds. The van der Waals surface area contributed by atoms with E-state index in [1.165, 1.54) is 0 Å². The van der Waals surface area contributed by atoms with Gasteiger partial charge in [0.25, 0.3) is 0 Å². The number of carbonyl (C=O) groups excluding carboxylic acids is 3. The summed E-state index contributed by atoms with van der Waals surface area (Å²) in [5.74, 6) is -1.04. The standard InChI is InChI=1S/C20H27NO6/c1-20(2,3)27-18(23)12-17(22)16(11-14-7-5-4-6-8-14)21-19(24)26-15-9-10-25-13-15/h4-8,15-16H,9-13H2,1-3H3,(H,21,24)/t15-,16-/m0/s1. The maximum absolute atomic E-state index is 12.6. The number of nitrogens with one attached hydrogen (secondary N) is 1. The number of hydrogen-bond donors (Lipinski definition) is 1. The van der Waals surface area contributed by atoms with Crippen molar-refractivity contribution in [2.75, 3.05) is 13.2 Å². The normalized spacial score (nSPS) is 17.8. The van der Waals surface area contributed by atoms with Crippen molar-refractivity contribution < 1.29 is 28.6 Å². The van der Waals surface area contributed by atoms with Crippen LogP contribution in [-0.4, -0.2) is 48.8 Å². The van der Waals surface area contributed by atoms with Gasteiger partial charge in [0.1, 0.15) is 18.1 Å². The molecule has 0 aromatic heterocycles. The number of Topliss-reactive ketones (excluding diaryl/α,β-unsaturated/α-hetero) is 1. The predicted octanol–water partition coefficient (Wildman–Crippen LogP) is 2.41. The van der Waals surface area contributed by atoms with Crippen LogP contribution in [0.5, 0.6) is 0 Å². The molecule has 1 aromatic rings. The van der Waals surface area contributed by atoms with Gasteiger partial charge in [-0.2, -0.15) is 0 Å². The Morgan fingerprint density at radius 2 is 1.93 bits per heavy atom. The van der Waals surface area contributed by atoms with E-state index >= 15 is 0 Å². The molecule has 1 fully saturated rings. The molecule has 148 valence electrons. The van der Waals surface area contributed by atoms with Crippen molar-refractivity contribution in [2.45, 2.75) is 57.8 Å². The number of hydrogen-bond acceptors (Lipinski definition) is 6. The number of ether oxygens (including phenoxy) is 3. The Morgan fingerprint density at radius 3 is 2.52 bits per heavy atom. The van der Waals surface area contributed by atoms with Gasteiger partial charge in [0.2, 0.25) is 0 Å². The Balaban J connectivity index is 2.00. The van der Waals surface area contributed by atoms with Gasteiger partial charge in [0.05, 0.1) is 19.3 Å². The van der Waals surface area contributed by atoms with Crippen molar-refractivity contribution in [1.29, 1.82) is 0 Å². The summed E-state index contributed by atoms with van der Waals surface area (Å²) in [6.45, 7) is 6.09. The third-order valence-corrected chi connectivity index (χ3v) is 3.86. The maximum atomic E-state index is 12.6. The van der Waals surface area contributed by atoms with Crippen LogP contribution in [0.25, 0.3) is 0 Å². The lowest BCUT2D eigenvalue weighted by atomic mass is 10.0. The summed E-state index contributed by atoms with van der Waals surface area (Å²) in [4.78, 5) is 36.8.